The van der Waals surface area contributed by atoms with E-state index in [4.69, 9.17) is 16.3 Å². The number of sulfonamides is 1. The second kappa shape index (κ2) is 8.98. The molecule has 1 amide bonds. The zero-order valence-corrected chi connectivity index (χ0v) is 16.3. The number of carbonyl (C=O) groups excluding carboxylic acids is 2. The summed E-state index contributed by atoms with van der Waals surface area (Å²) in [6.45, 7) is 1.25. The Bertz CT molecular complexity index is 946. The first kappa shape index (κ1) is 20.9. The first-order valence-corrected chi connectivity index (χ1v) is 9.85. The second-order valence-corrected chi connectivity index (χ2v) is 7.92. The highest BCUT2D eigenvalue weighted by Gasteiger charge is 2.17. The molecular formula is C18H19ClN2O5S. The lowest BCUT2D eigenvalue weighted by Gasteiger charge is -2.15. The first-order chi connectivity index (χ1) is 12.7. The molecule has 0 aliphatic rings. The number of hydrogen-bond donors (Lipinski definition) is 2. The number of rotatable bonds is 7. The van der Waals surface area contributed by atoms with Gasteiger partial charge in [-0.1, -0.05) is 35.9 Å². The maximum absolute atomic E-state index is 12.1. The topological polar surface area (TPSA) is 102 Å². The number of hydrogen-bond acceptors (Lipinski definition) is 5. The third-order valence-electron chi connectivity index (χ3n) is 3.73. The van der Waals surface area contributed by atoms with Crippen LogP contribution in [-0.4, -0.2) is 33.9 Å². The number of nitrogens with one attached hydrogen (secondary N) is 2. The molecule has 27 heavy (non-hydrogen) atoms. The van der Waals surface area contributed by atoms with Crippen LogP contribution in [0.1, 0.15) is 28.9 Å². The van der Waals surface area contributed by atoms with Gasteiger partial charge in [-0.3, -0.25) is 4.79 Å². The Balaban J connectivity index is 1.96. The quantitative estimate of drug-likeness (QED) is 0.682. The smallest absolute Gasteiger partial charge is 0.338 e. The molecular weight excluding hydrogens is 392 g/mol. The lowest BCUT2D eigenvalue weighted by Crippen LogP contribution is -2.31. The van der Waals surface area contributed by atoms with Gasteiger partial charge in [-0.25, -0.2) is 17.9 Å². The first-order valence-electron chi connectivity index (χ1n) is 7.99. The maximum atomic E-state index is 12.1. The van der Waals surface area contributed by atoms with E-state index in [-0.39, 0.29) is 16.5 Å². The van der Waals surface area contributed by atoms with Gasteiger partial charge in [0.15, 0.2) is 6.61 Å². The fraction of sp³-hybridized carbons (Fsp3) is 0.222. The zero-order chi connectivity index (χ0) is 20.0. The molecule has 2 N–H and O–H groups in total. The molecule has 0 spiro atoms. The Hall–Kier alpha value is -2.42. The van der Waals surface area contributed by atoms with Crippen LogP contribution in [0.5, 0.6) is 0 Å². The summed E-state index contributed by atoms with van der Waals surface area (Å²) < 4.78 is 30.7. The van der Waals surface area contributed by atoms with E-state index >= 15 is 0 Å². The summed E-state index contributed by atoms with van der Waals surface area (Å²) >= 11 is 6.08. The van der Waals surface area contributed by atoms with Crippen LogP contribution in [0.25, 0.3) is 0 Å². The van der Waals surface area contributed by atoms with E-state index < -0.39 is 28.5 Å². The lowest BCUT2D eigenvalue weighted by molar-refractivity contribution is -0.124. The molecule has 9 heteroatoms. The molecule has 1 atom stereocenters. The number of halogens is 1. The van der Waals surface area contributed by atoms with Crippen LogP contribution in [0.2, 0.25) is 5.02 Å². The Labute approximate surface area is 162 Å². The number of amides is 1. The van der Waals surface area contributed by atoms with E-state index in [9.17, 15) is 18.0 Å². The van der Waals surface area contributed by atoms with Gasteiger partial charge < -0.3 is 10.1 Å². The third kappa shape index (κ3) is 5.53. The number of ether oxygens (including phenoxy) is 1. The summed E-state index contributed by atoms with van der Waals surface area (Å²) in [6, 6.07) is 12.1. The summed E-state index contributed by atoms with van der Waals surface area (Å²) in [5.74, 6) is -1.31. The van der Waals surface area contributed by atoms with Crippen molar-refractivity contribution in [1.29, 1.82) is 0 Å². The van der Waals surface area contributed by atoms with E-state index in [0.29, 0.717) is 5.02 Å². The van der Waals surface area contributed by atoms with E-state index in [0.717, 1.165) is 5.56 Å². The molecule has 0 aromatic heterocycles. The molecule has 0 aliphatic carbocycles. The van der Waals surface area contributed by atoms with Crippen molar-refractivity contribution >= 4 is 33.5 Å². The van der Waals surface area contributed by atoms with Crippen molar-refractivity contribution in [3.63, 3.8) is 0 Å². The average Bonchev–Trinajstić information content (AvgIpc) is 2.66. The van der Waals surface area contributed by atoms with Crippen LogP contribution in [0.15, 0.2) is 53.4 Å². The van der Waals surface area contributed by atoms with Crippen molar-refractivity contribution in [2.75, 3.05) is 13.7 Å². The largest absolute Gasteiger partial charge is 0.452 e. The predicted molar refractivity (Wildman–Crippen MR) is 101 cm³/mol. The summed E-state index contributed by atoms with van der Waals surface area (Å²) in [5.41, 5.74) is 0.766. The highest BCUT2D eigenvalue weighted by atomic mass is 35.5. The molecule has 0 fully saturated rings. The number of benzene rings is 2. The maximum Gasteiger partial charge on any atom is 0.338 e. The van der Waals surface area contributed by atoms with Crippen molar-refractivity contribution in [2.45, 2.75) is 17.9 Å². The summed E-state index contributed by atoms with van der Waals surface area (Å²) in [4.78, 5) is 24.0. The predicted octanol–water partition coefficient (Wildman–Crippen LogP) is 2.28. The molecule has 0 heterocycles. The zero-order valence-electron chi connectivity index (χ0n) is 14.7. The molecule has 2 aromatic rings. The molecule has 0 radical (unpaired) electrons. The Morgan fingerprint density at radius 1 is 1.15 bits per heavy atom. The molecule has 7 nitrogen and oxygen atoms in total. The van der Waals surface area contributed by atoms with Crippen molar-refractivity contribution in [2.24, 2.45) is 0 Å². The van der Waals surface area contributed by atoms with E-state index in [1.54, 1.807) is 31.2 Å². The minimum atomic E-state index is -3.69. The van der Waals surface area contributed by atoms with Crippen LogP contribution in [-0.2, 0) is 19.6 Å². The van der Waals surface area contributed by atoms with Gasteiger partial charge in [0, 0.05) is 5.02 Å². The molecule has 0 bridgehead atoms. The Kier molecular flexibility index (Phi) is 6.95. The van der Waals surface area contributed by atoms with E-state index in [1.807, 2.05) is 0 Å². The SMILES string of the molecule is CNS(=O)(=O)c1cccc(C(=O)OCC(=O)N[C@H](C)c2ccccc2Cl)c1. The Morgan fingerprint density at radius 3 is 2.52 bits per heavy atom. The molecule has 0 saturated heterocycles. The fourth-order valence-corrected chi connectivity index (χ4v) is 3.38. The van der Waals surface area contributed by atoms with Gasteiger partial charge in [0.05, 0.1) is 16.5 Å². The Morgan fingerprint density at radius 2 is 1.85 bits per heavy atom. The molecule has 0 aliphatic heterocycles. The highest BCUT2D eigenvalue weighted by molar-refractivity contribution is 7.89. The van der Waals surface area contributed by atoms with Crippen LogP contribution < -0.4 is 10.0 Å². The van der Waals surface area contributed by atoms with Gasteiger partial charge in [-0.2, -0.15) is 0 Å². The fourth-order valence-electron chi connectivity index (χ4n) is 2.31. The second-order valence-electron chi connectivity index (χ2n) is 5.62. The van der Waals surface area contributed by atoms with Gasteiger partial charge >= 0.3 is 5.97 Å². The number of carbonyl (C=O) groups is 2. The minimum Gasteiger partial charge on any atom is -0.452 e. The molecule has 2 rings (SSSR count). The minimum absolute atomic E-state index is 0.0262. The third-order valence-corrected chi connectivity index (χ3v) is 5.49. The summed E-state index contributed by atoms with van der Waals surface area (Å²) in [5, 5.41) is 3.20. The molecule has 0 saturated carbocycles. The van der Waals surface area contributed by atoms with E-state index in [2.05, 4.69) is 10.0 Å². The molecule has 0 unspecified atom stereocenters. The monoisotopic (exact) mass is 410 g/mol. The normalized spacial score (nSPS) is 12.3. The van der Waals surface area contributed by atoms with E-state index in [1.165, 1.54) is 31.3 Å². The van der Waals surface area contributed by atoms with Gasteiger partial charge in [-0.05, 0) is 43.8 Å². The molecule has 144 valence electrons. The van der Waals surface area contributed by atoms with Crippen LogP contribution in [0.3, 0.4) is 0 Å². The van der Waals surface area contributed by atoms with Crippen LogP contribution in [0, 0.1) is 0 Å². The standard InChI is InChI=1S/C18H19ClN2O5S/c1-12(15-8-3-4-9-16(15)19)21-17(22)11-26-18(23)13-6-5-7-14(10-13)27(24,25)20-2/h3-10,12,20H,11H2,1-2H3,(H,21,22)/t12-/m1/s1. The van der Waals surface area contributed by atoms with Crippen molar-refractivity contribution in [3.05, 3.63) is 64.7 Å². The lowest BCUT2D eigenvalue weighted by atomic mass is 10.1. The highest BCUT2D eigenvalue weighted by Crippen LogP contribution is 2.22. The van der Waals surface area contributed by atoms with Crippen molar-refractivity contribution < 1.29 is 22.7 Å². The summed E-state index contributed by atoms with van der Waals surface area (Å²) in [7, 11) is -2.42. The molecule has 2 aromatic carbocycles. The number of esters is 1. The van der Waals surface area contributed by atoms with Gasteiger partial charge in [0.2, 0.25) is 10.0 Å². The van der Waals surface area contributed by atoms with Crippen LogP contribution >= 0.6 is 11.6 Å². The van der Waals surface area contributed by atoms with Crippen molar-refractivity contribution in [3.8, 4) is 0 Å². The average molecular weight is 411 g/mol. The summed E-state index contributed by atoms with van der Waals surface area (Å²) in [6.07, 6.45) is 0. The van der Waals surface area contributed by atoms with Crippen LogP contribution in [0.4, 0.5) is 0 Å². The van der Waals surface area contributed by atoms with Gasteiger partial charge in [0.1, 0.15) is 0 Å². The van der Waals surface area contributed by atoms with Crippen molar-refractivity contribution in [1.82, 2.24) is 10.0 Å². The van der Waals surface area contributed by atoms with Gasteiger partial charge in [-0.15, -0.1) is 0 Å². The van der Waals surface area contributed by atoms with Gasteiger partial charge in [0.25, 0.3) is 5.91 Å².